The minimum atomic E-state index is -0.0890. The van der Waals surface area contributed by atoms with Crippen molar-refractivity contribution in [1.82, 2.24) is 4.90 Å². The van der Waals surface area contributed by atoms with E-state index >= 15 is 0 Å². The van der Waals surface area contributed by atoms with Crippen molar-refractivity contribution in [1.29, 1.82) is 0 Å². The molecule has 2 N–H and O–H groups in total. The number of benzene rings is 1. The van der Waals surface area contributed by atoms with Gasteiger partial charge in [-0.25, -0.2) is 0 Å². The second-order valence-corrected chi connectivity index (χ2v) is 4.72. The van der Waals surface area contributed by atoms with Crippen LogP contribution >= 0.6 is 0 Å². The summed E-state index contributed by atoms with van der Waals surface area (Å²) >= 11 is 0. The van der Waals surface area contributed by atoms with Gasteiger partial charge in [0.25, 0.3) is 0 Å². The van der Waals surface area contributed by atoms with E-state index < -0.39 is 0 Å². The first-order chi connectivity index (χ1) is 8.74. The van der Waals surface area contributed by atoms with Gasteiger partial charge in [0.1, 0.15) is 0 Å². The maximum absolute atomic E-state index is 6.04. The molecule has 1 unspecified atom stereocenters. The lowest BCUT2D eigenvalue weighted by Gasteiger charge is -2.39. The van der Waals surface area contributed by atoms with Crippen LogP contribution in [0.2, 0.25) is 0 Å². The van der Waals surface area contributed by atoms with Gasteiger partial charge in [0, 0.05) is 6.54 Å². The van der Waals surface area contributed by atoms with Crippen LogP contribution in [0, 0.1) is 0 Å². The molecule has 2 rings (SSSR count). The predicted molar refractivity (Wildman–Crippen MR) is 76.4 cm³/mol. The van der Waals surface area contributed by atoms with Crippen LogP contribution in [0.5, 0.6) is 0 Å². The largest absolute Gasteiger partial charge is 0.370 e. The number of hydrogen-bond acceptors (Lipinski definition) is 3. The average molecular weight is 243 g/mol. The molecule has 96 valence electrons. The summed E-state index contributed by atoms with van der Waals surface area (Å²) in [5.74, 6) is 0.632. The summed E-state index contributed by atoms with van der Waals surface area (Å²) in [6.07, 6.45) is 4.04. The standard InChI is InChI=1S/C15H21N3/c1-3-10-15(13-8-6-5-7-9-13)12-17-14(16)18(15)11-4-2/h4-9H,2-3,10-12H2,1H3,(H2,16,17). The van der Waals surface area contributed by atoms with E-state index in [1.165, 1.54) is 5.56 Å². The van der Waals surface area contributed by atoms with Crippen molar-refractivity contribution in [2.75, 3.05) is 13.1 Å². The van der Waals surface area contributed by atoms with Gasteiger partial charge < -0.3 is 10.6 Å². The summed E-state index contributed by atoms with van der Waals surface area (Å²) in [6, 6.07) is 10.5. The zero-order valence-corrected chi connectivity index (χ0v) is 11.0. The van der Waals surface area contributed by atoms with E-state index in [-0.39, 0.29) is 5.54 Å². The lowest BCUT2D eigenvalue weighted by atomic mass is 9.84. The molecule has 18 heavy (non-hydrogen) atoms. The Morgan fingerprint density at radius 3 is 2.78 bits per heavy atom. The lowest BCUT2D eigenvalue weighted by molar-refractivity contribution is 0.201. The molecule has 1 aliphatic heterocycles. The van der Waals surface area contributed by atoms with Gasteiger partial charge in [-0.15, -0.1) is 6.58 Å². The first-order valence-corrected chi connectivity index (χ1v) is 6.48. The number of guanidine groups is 1. The van der Waals surface area contributed by atoms with Gasteiger partial charge in [-0.05, 0) is 12.0 Å². The van der Waals surface area contributed by atoms with Crippen LogP contribution in [0.15, 0.2) is 48.0 Å². The Bertz CT molecular complexity index is 438. The fraction of sp³-hybridized carbons (Fsp3) is 0.400. The van der Waals surface area contributed by atoms with Crippen LogP contribution in [0.3, 0.4) is 0 Å². The highest BCUT2D eigenvalue weighted by molar-refractivity contribution is 5.81. The highest BCUT2D eigenvalue weighted by Gasteiger charge is 2.42. The van der Waals surface area contributed by atoms with Crippen LogP contribution in [-0.4, -0.2) is 23.9 Å². The summed E-state index contributed by atoms with van der Waals surface area (Å²) < 4.78 is 0. The third-order valence-corrected chi connectivity index (χ3v) is 3.58. The highest BCUT2D eigenvalue weighted by Crippen LogP contribution is 2.37. The van der Waals surface area contributed by atoms with Gasteiger partial charge in [-0.1, -0.05) is 49.8 Å². The van der Waals surface area contributed by atoms with E-state index in [2.05, 4.69) is 47.7 Å². The second kappa shape index (κ2) is 5.25. The van der Waals surface area contributed by atoms with Gasteiger partial charge in [0.2, 0.25) is 0 Å². The van der Waals surface area contributed by atoms with Crippen molar-refractivity contribution in [3.8, 4) is 0 Å². The number of rotatable bonds is 5. The molecule has 1 atom stereocenters. The molecule has 3 heteroatoms. The lowest BCUT2D eigenvalue weighted by Crippen LogP contribution is -2.49. The van der Waals surface area contributed by atoms with Gasteiger partial charge in [-0.3, -0.25) is 4.99 Å². The maximum atomic E-state index is 6.04. The summed E-state index contributed by atoms with van der Waals surface area (Å²) in [6.45, 7) is 7.51. The maximum Gasteiger partial charge on any atom is 0.192 e. The first kappa shape index (κ1) is 12.7. The molecule has 1 aromatic carbocycles. The number of nitrogens with two attached hydrogens (primary N) is 1. The minimum Gasteiger partial charge on any atom is -0.370 e. The third kappa shape index (κ3) is 2.01. The minimum absolute atomic E-state index is 0.0890. The number of aliphatic imine (C=N–C) groups is 1. The Morgan fingerprint density at radius 2 is 2.17 bits per heavy atom. The Kier molecular flexibility index (Phi) is 3.70. The van der Waals surface area contributed by atoms with Crippen molar-refractivity contribution < 1.29 is 0 Å². The molecule has 0 aliphatic carbocycles. The second-order valence-electron chi connectivity index (χ2n) is 4.72. The van der Waals surface area contributed by atoms with E-state index in [9.17, 15) is 0 Å². The molecular weight excluding hydrogens is 222 g/mol. The average Bonchev–Trinajstić information content (AvgIpc) is 2.71. The number of nitrogens with zero attached hydrogens (tertiary/aromatic N) is 2. The molecule has 0 bridgehead atoms. The van der Waals surface area contributed by atoms with E-state index in [0.717, 1.165) is 25.9 Å². The summed E-state index contributed by atoms with van der Waals surface area (Å²) in [5, 5.41) is 0. The van der Waals surface area contributed by atoms with Crippen molar-refractivity contribution in [2.24, 2.45) is 10.7 Å². The molecule has 0 saturated heterocycles. The predicted octanol–water partition coefficient (Wildman–Crippen LogP) is 2.50. The molecule has 0 amide bonds. The molecule has 1 heterocycles. The quantitative estimate of drug-likeness (QED) is 0.807. The molecule has 0 saturated carbocycles. The molecule has 0 fully saturated rings. The molecule has 0 radical (unpaired) electrons. The highest BCUT2D eigenvalue weighted by atomic mass is 15.4. The Hall–Kier alpha value is -1.77. The van der Waals surface area contributed by atoms with Gasteiger partial charge >= 0.3 is 0 Å². The normalized spacial score (nSPS) is 22.9. The van der Waals surface area contributed by atoms with Crippen molar-refractivity contribution >= 4 is 5.96 Å². The van der Waals surface area contributed by atoms with E-state index in [1.807, 2.05) is 12.1 Å². The fourth-order valence-corrected chi connectivity index (χ4v) is 2.77. The van der Waals surface area contributed by atoms with E-state index in [1.54, 1.807) is 0 Å². The monoisotopic (exact) mass is 243 g/mol. The van der Waals surface area contributed by atoms with Gasteiger partial charge in [0.05, 0.1) is 12.1 Å². The fourth-order valence-electron chi connectivity index (χ4n) is 2.77. The Morgan fingerprint density at radius 1 is 1.44 bits per heavy atom. The molecule has 0 aromatic heterocycles. The summed E-state index contributed by atoms with van der Waals surface area (Å²) in [5.41, 5.74) is 7.24. The van der Waals surface area contributed by atoms with Crippen molar-refractivity contribution in [3.63, 3.8) is 0 Å². The molecule has 1 aromatic rings. The molecule has 3 nitrogen and oxygen atoms in total. The SMILES string of the molecule is C=CCN1C(N)=NCC1(CCC)c1ccccc1. The van der Waals surface area contributed by atoms with E-state index in [4.69, 9.17) is 5.73 Å². The van der Waals surface area contributed by atoms with Crippen molar-refractivity contribution in [3.05, 3.63) is 48.6 Å². The topological polar surface area (TPSA) is 41.6 Å². The Labute approximate surface area is 109 Å². The van der Waals surface area contributed by atoms with E-state index in [0.29, 0.717) is 5.96 Å². The first-order valence-electron chi connectivity index (χ1n) is 6.48. The van der Waals surface area contributed by atoms with Crippen LogP contribution in [-0.2, 0) is 5.54 Å². The summed E-state index contributed by atoms with van der Waals surface area (Å²) in [4.78, 5) is 6.64. The molecular formula is C15H21N3. The number of hydrogen-bond donors (Lipinski definition) is 1. The zero-order valence-electron chi connectivity index (χ0n) is 11.0. The zero-order chi connectivity index (χ0) is 13.0. The smallest absolute Gasteiger partial charge is 0.192 e. The van der Waals surface area contributed by atoms with Crippen LogP contribution in [0.1, 0.15) is 25.3 Å². The van der Waals surface area contributed by atoms with Crippen LogP contribution < -0.4 is 5.73 Å². The van der Waals surface area contributed by atoms with Crippen LogP contribution in [0.25, 0.3) is 0 Å². The molecule has 0 spiro atoms. The van der Waals surface area contributed by atoms with Crippen LogP contribution in [0.4, 0.5) is 0 Å². The van der Waals surface area contributed by atoms with Gasteiger partial charge in [0.15, 0.2) is 5.96 Å². The Balaban J connectivity index is 2.41. The third-order valence-electron chi connectivity index (χ3n) is 3.58. The van der Waals surface area contributed by atoms with Gasteiger partial charge in [-0.2, -0.15) is 0 Å². The molecule has 1 aliphatic rings. The summed E-state index contributed by atoms with van der Waals surface area (Å²) in [7, 11) is 0. The van der Waals surface area contributed by atoms with Crippen molar-refractivity contribution in [2.45, 2.75) is 25.3 Å².